The third-order valence-electron chi connectivity index (χ3n) is 1.47. The maximum Gasteiger partial charge on any atom is 0.262 e. The van der Waals surface area contributed by atoms with E-state index in [1.54, 1.807) is 18.2 Å². The normalized spacial score (nSPS) is 12.3. The average Bonchev–Trinajstić information content (AvgIpc) is 2.20. The highest BCUT2D eigenvalue weighted by Gasteiger charge is 2.16. The van der Waals surface area contributed by atoms with Crippen molar-refractivity contribution in [3.63, 3.8) is 0 Å². The third-order valence-corrected chi connectivity index (χ3v) is 3.63. The van der Waals surface area contributed by atoms with E-state index in [-0.39, 0.29) is 0 Å². The van der Waals surface area contributed by atoms with Gasteiger partial charge in [0.15, 0.2) is 4.71 Å². The topological polar surface area (TPSA) is 55.1 Å². The number of hydrogen-bond acceptors (Lipinski definition) is 3. The minimum atomic E-state index is -0.825. The smallest absolute Gasteiger partial charge is 0.262 e. The number of alkyl halides is 1. The SMILES string of the molecule is NNC(=O)C(Cl)Sc1ccc(Cl)cc1Cl. The van der Waals surface area contributed by atoms with E-state index in [4.69, 9.17) is 40.6 Å². The minimum absolute atomic E-state index is 0.447. The molecule has 0 saturated carbocycles. The summed E-state index contributed by atoms with van der Waals surface area (Å²) >= 11 is 18.5. The highest BCUT2D eigenvalue weighted by Crippen LogP contribution is 2.33. The van der Waals surface area contributed by atoms with Gasteiger partial charge in [-0.05, 0) is 18.2 Å². The number of carbonyl (C=O) groups is 1. The van der Waals surface area contributed by atoms with Crippen LogP contribution in [0.3, 0.4) is 0 Å². The maximum atomic E-state index is 11.0. The molecule has 1 rings (SSSR count). The molecule has 82 valence electrons. The van der Waals surface area contributed by atoms with Crippen molar-refractivity contribution in [1.82, 2.24) is 5.43 Å². The summed E-state index contributed by atoms with van der Waals surface area (Å²) in [5.41, 5.74) is 1.95. The van der Waals surface area contributed by atoms with E-state index in [1.165, 1.54) is 0 Å². The molecule has 1 amide bonds. The van der Waals surface area contributed by atoms with Gasteiger partial charge in [0.25, 0.3) is 5.91 Å². The number of hydrazine groups is 1. The lowest BCUT2D eigenvalue weighted by atomic mass is 10.4. The zero-order valence-electron chi connectivity index (χ0n) is 7.34. The molecule has 0 aliphatic heterocycles. The maximum absolute atomic E-state index is 11.0. The van der Waals surface area contributed by atoms with Crippen molar-refractivity contribution in [3.8, 4) is 0 Å². The molecule has 0 aliphatic rings. The van der Waals surface area contributed by atoms with Gasteiger partial charge in [-0.15, -0.1) is 0 Å². The van der Waals surface area contributed by atoms with Crippen LogP contribution in [-0.4, -0.2) is 10.6 Å². The molecule has 3 nitrogen and oxygen atoms in total. The lowest BCUT2D eigenvalue weighted by Crippen LogP contribution is -2.35. The summed E-state index contributed by atoms with van der Waals surface area (Å²) < 4.78 is -0.825. The van der Waals surface area contributed by atoms with E-state index < -0.39 is 10.6 Å². The summed E-state index contributed by atoms with van der Waals surface area (Å²) in [5, 5.41) is 0.974. The van der Waals surface area contributed by atoms with Crippen LogP contribution in [-0.2, 0) is 4.79 Å². The molecule has 0 bridgehead atoms. The molecule has 0 spiro atoms. The van der Waals surface area contributed by atoms with Gasteiger partial charge in [-0.2, -0.15) is 0 Å². The summed E-state index contributed by atoms with van der Waals surface area (Å²) in [7, 11) is 0. The largest absolute Gasteiger partial charge is 0.292 e. The zero-order valence-corrected chi connectivity index (χ0v) is 10.4. The van der Waals surface area contributed by atoms with Crippen molar-refractivity contribution in [1.29, 1.82) is 0 Å². The van der Waals surface area contributed by atoms with Crippen LogP contribution >= 0.6 is 46.6 Å². The van der Waals surface area contributed by atoms with E-state index in [2.05, 4.69) is 0 Å². The number of nitrogens with two attached hydrogens (primary N) is 1. The van der Waals surface area contributed by atoms with Crippen LogP contribution in [0, 0.1) is 0 Å². The van der Waals surface area contributed by atoms with Crippen LogP contribution < -0.4 is 11.3 Å². The van der Waals surface area contributed by atoms with Crippen molar-refractivity contribution in [2.45, 2.75) is 9.60 Å². The average molecular weight is 286 g/mol. The van der Waals surface area contributed by atoms with Gasteiger partial charge in [-0.1, -0.05) is 46.6 Å². The van der Waals surface area contributed by atoms with Crippen LogP contribution in [0.5, 0.6) is 0 Å². The predicted molar refractivity (Wildman–Crippen MR) is 64.3 cm³/mol. The van der Waals surface area contributed by atoms with Gasteiger partial charge in [-0.3, -0.25) is 10.2 Å². The molecule has 1 atom stereocenters. The van der Waals surface area contributed by atoms with Gasteiger partial charge in [-0.25, -0.2) is 5.84 Å². The van der Waals surface area contributed by atoms with Gasteiger partial charge < -0.3 is 0 Å². The van der Waals surface area contributed by atoms with Gasteiger partial charge in [0, 0.05) is 9.92 Å². The Hall–Kier alpha value is -0.130. The Balaban J connectivity index is 2.76. The lowest BCUT2D eigenvalue weighted by Gasteiger charge is -2.08. The summed E-state index contributed by atoms with van der Waals surface area (Å²) in [4.78, 5) is 11.7. The summed E-state index contributed by atoms with van der Waals surface area (Å²) in [6.07, 6.45) is 0. The first-order chi connectivity index (χ1) is 7.04. The molecule has 0 radical (unpaired) electrons. The quantitative estimate of drug-likeness (QED) is 0.295. The molecule has 0 aliphatic carbocycles. The third kappa shape index (κ3) is 3.74. The van der Waals surface area contributed by atoms with Crippen LogP contribution in [0.25, 0.3) is 0 Å². The van der Waals surface area contributed by atoms with Gasteiger partial charge in [0.1, 0.15) is 0 Å². The molecule has 15 heavy (non-hydrogen) atoms. The number of benzene rings is 1. The lowest BCUT2D eigenvalue weighted by molar-refractivity contribution is -0.119. The highest BCUT2D eigenvalue weighted by molar-refractivity contribution is 8.02. The fourth-order valence-electron chi connectivity index (χ4n) is 0.801. The highest BCUT2D eigenvalue weighted by atomic mass is 35.5. The Kier molecular flexibility index (Phi) is 5.02. The van der Waals surface area contributed by atoms with Crippen LogP contribution in [0.1, 0.15) is 0 Å². The molecule has 1 aromatic rings. The second-order valence-electron chi connectivity index (χ2n) is 2.52. The molecule has 0 heterocycles. The Labute approximate surface area is 106 Å². The van der Waals surface area contributed by atoms with Gasteiger partial charge in [0.2, 0.25) is 0 Å². The van der Waals surface area contributed by atoms with Crippen molar-refractivity contribution in [2.75, 3.05) is 0 Å². The number of thioether (sulfide) groups is 1. The Morgan fingerprint density at radius 3 is 2.67 bits per heavy atom. The fraction of sp³-hybridized carbons (Fsp3) is 0.125. The molecule has 1 unspecified atom stereocenters. The first kappa shape index (κ1) is 12.9. The molecule has 3 N–H and O–H groups in total. The molecule has 0 saturated heterocycles. The molecule has 0 fully saturated rings. The van der Waals surface area contributed by atoms with Gasteiger partial charge >= 0.3 is 0 Å². The van der Waals surface area contributed by atoms with Gasteiger partial charge in [0.05, 0.1) is 5.02 Å². The van der Waals surface area contributed by atoms with Crippen molar-refractivity contribution >= 4 is 52.5 Å². The Morgan fingerprint density at radius 1 is 1.47 bits per heavy atom. The van der Waals surface area contributed by atoms with Crippen LogP contribution in [0.2, 0.25) is 10.0 Å². The molecular formula is C8H7Cl3N2OS. The second-order valence-corrected chi connectivity index (χ2v) is 5.20. The van der Waals surface area contributed by atoms with E-state index in [9.17, 15) is 4.79 Å². The number of nitrogens with one attached hydrogen (secondary N) is 1. The minimum Gasteiger partial charge on any atom is -0.292 e. The predicted octanol–water partition coefficient (Wildman–Crippen LogP) is 2.64. The van der Waals surface area contributed by atoms with Crippen molar-refractivity contribution in [3.05, 3.63) is 28.2 Å². The number of amides is 1. The first-order valence-electron chi connectivity index (χ1n) is 3.81. The van der Waals surface area contributed by atoms with E-state index in [0.717, 1.165) is 11.8 Å². The number of rotatable bonds is 3. The molecule has 1 aromatic carbocycles. The fourth-order valence-corrected chi connectivity index (χ4v) is 2.41. The second kappa shape index (κ2) is 5.82. The standard InChI is InChI=1S/C8H7Cl3N2OS/c9-4-1-2-6(5(10)3-4)15-7(11)8(14)13-12/h1-3,7H,12H2,(H,13,14). The van der Waals surface area contributed by atoms with Crippen molar-refractivity contribution in [2.24, 2.45) is 5.84 Å². The van der Waals surface area contributed by atoms with Crippen LogP contribution in [0.4, 0.5) is 0 Å². The number of carbonyl (C=O) groups excluding carboxylic acids is 1. The molecule has 7 heteroatoms. The number of hydrogen-bond donors (Lipinski definition) is 2. The van der Waals surface area contributed by atoms with E-state index in [0.29, 0.717) is 14.9 Å². The van der Waals surface area contributed by atoms with E-state index >= 15 is 0 Å². The molecular weight excluding hydrogens is 279 g/mol. The Bertz CT molecular complexity index is 375. The summed E-state index contributed by atoms with van der Waals surface area (Å²) in [5.74, 6) is 4.46. The molecule has 0 aromatic heterocycles. The van der Waals surface area contributed by atoms with E-state index in [1.807, 2.05) is 5.43 Å². The first-order valence-corrected chi connectivity index (χ1v) is 5.88. The monoisotopic (exact) mass is 284 g/mol. The van der Waals surface area contributed by atoms with Crippen LogP contribution in [0.15, 0.2) is 23.1 Å². The zero-order chi connectivity index (χ0) is 11.4. The summed E-state index contributed by atoms with van der Waals surface area (Å²) in [6, 6.07) is 4.93. The number of halogens is 3. The summed E-state index contributed by atoms with van der Waals surface area (Å²) in [6.45, 7) is 0. The van der Waals surface area contributed by atoms with Crippen molar-refractivity contribution < 1.29 is 4.79 Å². The Morgan fingerprint density at radius 2 is 2.13 bits per heavy atom.